The van der Waals surface area contributed by atoms with E-state index in [1.54, 1.807) is 0 Å². The third-order valence-corrected chi connectivity index (χ3v) is 2.61. The van der Waals surface area contributed by atoms with Gasteiger partial charge in [-0.25, -0.2) is 0 Å². The van der Waals surface area contributed by atoms with E-state index in [1.165, 1.54) is 11.5 Å². The van der Waals surface area contributed by atoms with Crippen molar-refractivity contribution in [2.75, 3.05) is 5.73 Å². The molecule has 15 heavy (non-hydrogen) atoms. The Hall–Kier alpha value is -1.24. The molecule has 0 spiro atoms. The lowest BCUT2D eigenvalue weighted by Crippen LogP contribution is -1.99. The van der Waals surface area contributed by atoms with E-state index in [2.05, 4.69) is 39.5 Å². The fraction of sp³-hybridized carbons (Fsp3) is 0.357. The van der Waals surface area contributed by atoms with Gasteiger partial charge in [-0.1, -0.05) is 39.5 Å². The predicted octanol–water partition coefficient (Wildman–Crippen LogP) is 4.02. The quantitative estimate of drug-likeness (QED) is 0.733. The van der Waals surface area contributed by atoms with Crippen LogP contribution in [-0.2, 0) is 0 Å². The van der Waals surface area contributed by atoms with Crippen LogP contribution < -0.4 is 5.73 Å². The van der Waals surface area contributed by atoms with Crippen molar-refractivity contribution in [3.05, 3.63) is 41.8 Å². The van der Waals surface area contributed by atoms with Crippen LogP contribution in [0.1, 0.15) is 44.2 Å². The van der Waals surface area contributed by atoms with Gasteiger partial charge in [0.15, 0.2) is 0 Å². The molecule has 0 aliphatic carbocycles. The normalized spacial score (nSPS) is 12.8. The number of nitrogens with two attached hydrogens (primary N) is 1. The zero-order chi connectivity index (χ0) is 11.4. The molecule has 0 fully saturated rings. The lowest BCUT2D eigenvalue weighted by atomic mass is 9.91. The molecular weight excluding hydrogens is 182 g/mol. The van der Waals surface area contributed by atoms with Gasteiger partial charge in [-0.15, -0.1) is 0 Å². The summed E-state index contributed by atoms with van der Waals surface area (Å²) in [5.74, 6) is 2.01. The molecule has 1 aromatic carbocycles. The summed E-state index contributed by atoms with van der Waals surface area (Å²) in [4.78, 5) is 0. The standard InChI is InChI=1S/C14H20N/c1-5-12-9-13(6-7-14(12)15)11(4)8-10(2)3/h5-7,9,11H,1,8,15H2,2-4H3/t11-/m1/s1. The summed E-state index contributed by atoms with van der Waals surface area (Å²) in [5, 5.41) is 0. The average Bonchev–Trinajstić information content (AvgIpc) is 2.17. The van der Waals surface area contributed by atoms with Crippen molar-refractivity contribution in [2.24, 2.45) is 0 Å². The van der Waals surface area contributed by atoms with Gasteiger partial charge in [0.25, 0.3) is 0 Å². The minimum Gasteiger partial charge on any atom is -0.398 e. The molecule has 1 nitrogen and oxygen atoms in total. The summed E-state index contributed by atoms with van der Waals surface area (Å²) in [6.07, 6.45) is 2.94. The van der Waals surface area contributed by atoms with Crippen molar-refractivity contribution >= 4 is 11.8 Å². The molecule has 0 aliphatic heterocycles. The first kappa shape index (κ1) is 11.8. The van der Waals surface area contributed by atoms with Crippen molar-refractivity contribution in [1.29, 1.82) is 0 Å². The second-order valence-corrected chi connectivity index (χ2v) is 4.40. The van der Waals surface area contributed by atoms with Gasteiger partial charge >= 0.3 is 0 Å². The van der Waals surface area contributed by atoms with Crippen LogP contribution in [0.25, 0.3) is 6.08 Å². The molecule has 1 heteroatoms. The highest BCUT2D eigenvalue weighted by molar-refractivity contribution is 5.64. The molecule has 1 aromatic rings. The highest BCUT2D eigenvalue weighted by atomic mass is 14.6. The van der Waals surface area contributed by atoms with Crippen LogP contribution in [0.3, 0.4) is 0 Å². The Morgan fingerprint density at radius 1 is 1.47 bits per heavy atom. The van der Waals surface area contributed by atoms with Crippen LogP contribution in [0.5, 0.6) is 0 Å². The molecule has 0 heterocycles. The zero-order valence-electron chi connectivity index (χ0n) is 9.88. The van der Waals surface area contributed by atoms with E-state index in [0.717, 1.165) is 17.7 Å². The Labute approximate surface area is 93.0 Å². The van der Waals surface area contributed by atoms with Crippen molar-refractivity contribution in [1.82, 2.24) is 0 Å². The minimum atomic E-state index is 0.550. The summed E-state index contributed by atoms with van der Waals surface area (Å²) in [5.41, 5.74) is 9.00. The maximum atomic E-state index is 5.82. The summed E-state index contributed by atoms with van der Waals surface area (Å²) in [6, 6.07) is 6.21. The van der Waals surface area contributed by atoms with Crippen molar-refractivity contribution in [2.45, 2.75) is 33.1 Å². The van der Waals surface area contributed by atoms with Gasteiger partial charge in [-0.2, -0.15) is 0 Å². The van der Waals surface area contributed by atoms with E-state index >= 15 is 0 Å². The number of anilines is 1. The molecule has 0 saturated carbocycles. The van der Waals surface area contributed by atoms with Gasteiger partial charge in [0, 0.05) is 5.69 Å². The molecule has 81 valence electrons. The molecular formula is C14H20N. The van der Waals surface area contributed by atoms with Crippen molar-refractivity contribution < 1.29 is 0 Å². The number of rotatable bonds is 4. The van der Waals surface area contributed by atoms with Gasteiger partial charge < -0.3 is 5.73 Å². The fourth-order valence-electron chi connectivity index (χ4n) is 1.81. The molecule has 0 amide bonds. The maximum absolute atomic E-state index is 5.82. The Morgan fingerprint density at radius 3 is 2.67 bits per heavy atom. The van der Waals surface area contributed by atoms with Crippen LogP contribution in [0.2, 0.25) is 0 Å². The molecule has 1 rings (SSSR count). The highest BCUT2D eigenvalue weighted by Gasteiger charge is 2.09. The summed E-state index contributed by atoms with van der Waals surface area (Å²) >= 11 is 0. The first-order valence-corrected chi connectivity index (χ1v) is 5.35. The molecule has 1 atom stereocenters. The van der Waals surface area contributed by atoms with Crippen LogP contribution in [0.15, 0.2) is 24.8 Å². The first-order valence-electron chi connectivity index (χ1n) is 5.35. The third-order valence-electron chi connectivity index (χ3n) is 2.61. The van der Waals surface area contributed by atoms with E-state index in [1.807, 2.05) is 12.1 Å². The van der Waals surface area contributed by atoms with Crippen molar-refractivity contribution in [3.8, 4) is 0 Å². The molecule has 1 radical (unpaired) electrons. The summed E-state index contributed by atoms with van der Waals surface area (Å²) in [7, 11) is 0. The van der Waals surface area contributed by atoms with Gasteiger partial charge in [0.05, 0.1) is 0 Å². The number of benzene rings is 1. The summed E-state index contributed by atoms with van der Waals surface area (Å²) < 4.78 is 0. The molecule has 2 N–H and O–H groups in total. The van der Waals surface area contributed by atoms with Crippen molar-refractivity contribution in [3.63, 3.8) is 0 Å². The van der Waals surface area contributed by atoms with E-state index in [9.17, 15) is 0 Å². The van der Waals surface area contributed by atoms with Gasteiger partial charge in [-0.3, -0.25) is 0 Å². The predicted molar refractivity (Wildman–Crippen MR) is 68.6 cm³/mol. The Morgan fingerprint density at radius 2 is 2.13 bits per heavy atom. The zero-order valence-corrected chi connectivity index (χ0v) is 9.88. The first-order chi connectivity index (χ1) is 7.04. The third kappa shape index (κ3) is 3.12. The molecule has 0 saturated heterocycles. The van der Waals surface area contributed by atoms with Gasteiger partial charge in [0.1, 0.15) is 0 Å². The largest absolute Gasteiger partial charge is 0.398 e. The van der Waals surface area contributed by atoms with Gasteiger partial charge in [-0.05, 0) is 41.5 Å². The smallest absolute Gasteiger partial charge is 0.0387 e. The Bertz CT molecular complexity index is 339. The van der Waals surface area contributed by atoms with Crippen LogP contribution in [0, 0.1) is 5.92 Å². The molecule has 0 aliphatic rings. The highest BCUT2D eigenvalue weighted by Crippen LogP contribution is 2.26. The lowest BCUT2D eigenvalue weighted by Gasteiger charge is -2.15. The second kappa shape index (κ2) is 5.01. The SMILES string of the molecule is C=Cc1cc([C@H](C)C[C](C)C)ccc1N. The second-order valence-electron chi connectivity index (χ2n) is 4.40. The van der Waals surface area contributed by atoms with Crippen LogP contribution in [0.4, 0.5) is 5.69 Å². The molecule has 0 bridgehead atoms. The monoisotopic (exact) mass is 202 g/mol. The molecule has 0 aromatic heterocycles. The van der Waals surface area contributed by atoms with E-state index in [0.29, 0.717) is 5.92 Å². The topological polar surface area (TPSA) is 26.0 Å². The van der Waals surface area contributed by atoms with E-state index in [4.69, 9.17) is 5.73 Å². The Kier molecular flexibility index (Phi) is 3.96. The van der Waals surface area contributed by atoms with E-state index in [-0.39, 0.29) is 0 Å². The van der Waals surface area contributed by atoms with Gasteiger partial charge in [0.2, 0.25) is 0 Å². The molecule has 0 unspecified atom stereocenters. The maximum Gasteiger partial charge on any atom is 0.0387 e. The van der Waals surface area contributed by atoms with E-state index < -0.39 is 0 Å². The summed E-state index contributed by atoms with van der Waals surface area (Å²) in [6.45, 7) is 10.3. The minimum absolute atomic E-state index is 0.550. The Balaban J connectivity index is 2.90. The average molecular weight is 202 g/mol. The fourth-order valence-corrected chi connectivity index (χ4v) is 1.81. The van der Waals surface area contributed by atoms with Crippen LogP contribution >= 0.6 is 0 Å². The number of hydrogen-bond acceptors (Lipinski definition) is 1. The number of hydrogen-bond donors (Lipinski definition) is 1. The number of nitrogen functional groups attached to an aromatic ring is 1. The lowest BCUT2D eigenvalue weighted by molar-refractivity contribution is 0.693. The van der Waals surface area contributed by atoms with Crippen LogP contribution in [-0.4, -0.2) is 0 Å².